The predicted octanol–water partition coefficient (Wildman–Crippen LogP) is 3.32. The Hall–Kier alpha value is -2.86. The predicted molar refractivity (Wildman–Crippen MR) is 104 cm³/mol. The van der Waals surface area contributed by atoms with Gasteiger partial charge in [0.25, 0.3) is 11.5 Å². The van der Waals surface area contributed by atoms with E-state index >= 15 is 0 Å². The summed E-state index contributed by atoms with van der Waals surface area (Å²) in [5.41, 5.74) is 2.35. The fourth-order valence-corrected chi connectivity index (χ4v) is 3.45. The van der Waals surface area contributed by atoms with Crippen molar-refractivity contribution in [1.82, 2.24) is 9.88 Å². The van der Waals surface area contributed by atoms with E-state index in [0.29, 0.717) is 24.4 Å². The zero-order valence-corrected chi connectivity index (χ0v) is 15.5. The Kier molecular flexibility index (Phi) is 5.53. The molecule has 1 amide bonds. The summed E-state index contributed by atoms with van der Waals surface area (Å²) < 4.78 is 6.70. The van der Waals surface area contributed by atoms with Crippen LogP contribution >= 0.6 is 11.3 Å². The van der Waals surface area contributed by atoms with E-state index < -0.39 is 0 Å². The topological polar surface area (TPSA) is 60.3 Å². The molecule has 1 N–H and O–H groups in total. The number of amides is 1. The van der Waals surface area contributed by atoms with Crippen molar-refractivity contribution in [2.45, 2.75) is 13.5 Å². The van der Waals surface area contributed by atoms with Crippen LogP contribution in [0.5, 0.6) is 5.75 Å². The molecule has 0 radical (unpaired) electrons. The first-order valence-electron chi connectivity index (χ1n) is 8.26. The minimum Gasteiger partial charge on any atom is -0.496 e. The van der Waals surface area contributed by atoms with Crippen molar-refractivity contribution in [3.05, 3.63) is 75.5 Å². The standard InChI is InChI=1S/C20H20N2O3S/c1-14-12-17(25-2)13-19(23)22(14)10-9-21-20(24)16-7-5-15(6-8-16)18-4-3-11-26-18/h3-8,11-13H,9-10H2,1-2H3,(H,21,24). The van der Waals surface area contributed by atoms with Gasteiger partial charge in [-0.1, -0.05) is 18.2 Å². The summed E-state index contributed by atoms with van der Waals surface area (Å²) in [6.45, 7) is 2.63. The Morgan fingerprint density at radius 3 is 2.58 bits per heavy atom. The van der Waals surface area contributed by atoms with Crippen molar-refractivity contribution < 1.29 is 9.53 Å². The van der Waals surface area contributed by atoms with Crippen molar-refractivity contribution in [3.63, 3.8) is 0 Å². The molecule has 26 heavy (non-hydrogen) atoms. The number of methoxy groups -OCH3 is 1. The molecule has 5 nitrogen and oxygen atoms in total. The number of benzene rings is 1. The lowest BCUT2D eigenvalue weighted by Crippen LogP contribution is -2.31. The second kappa shape index (κ2) is 8.01. The zero-order valence-electron chi connectivity index (χ0n) is 14.7. The van der Waals surface area contributed by atoms with Gasteiger partial charge in [-0.05, 0) is 42.1 Å². The quantitative estimate of drug-likeness (QED) is 0.726. The number of ether oxygens (including phenoxy) is 1. The minimum absolute atomic E-state index is 0.142. The van der Waals surface area contributed by atoms with Gasteiger partial charge in [0.15, 0.2) is 0 Å². The van der Waals surface area contributed by atoms with E-state index in [2.05, 4.69) is 11.4 Å². The summed E-state index contributed by atoms with van der Waals surface area (Å²) in [6, 6.07) is 14.8. The van der Waals surface area contributed by atoms with Crippen molar-refractivity contribution in [3.8, 4) is 16.2 Å². The lowest BCUT2D eigenvalue weighted by atomic mass is 10.1. The Bertz CT molecular complexity index is 944. The number of carbonyl (C=O) groups excluding carboxylic acids is 1. The van der Waals surface area contributed by atoms with Crippen molar-refractivity contribution in [2.75, 3.05) is 13.7 Å². The van der Waals surface area contributed by atoms with Gasteiger partial charge in [-0.25, -0.2) is 0 Å². The SMILES string of the molecule is COc1cc(C)n(CCNC(=O)c2ccc(-c3cccs3)cc2)c(=O)c1. The van der Waals surface area contributed by atoms with Gasteiger partial charge in [-0.2, -0.15) is 0 Å². The second-order valence-electron chi connectivity index (χ2n) is 5.84. The molecule has 0 saturated heterocycles. The molecule has 0 aliphatic rings. The van der Waals surface area contributed by atoms with Crippen LogP contribution in [0.15, 0.2) is 58.7 Å². The van der Waals surface area contributed by atoms with Crippen LogP contribution < -0.4 is 15.6 Å². The normalized spacial score (nSPS) is 10.5. The third-order valence-corrected chi connectivity index (χ3v) is 5.04. The summed E-state index contributed by atoms with van der Waals surface area (Å²) in [6.07, 6.45) is 0. The first kappa shape index (κ1) is 17.9. The molecule has 0 aliphatic heterocycles. The summed E-state index contributed by atoms with van der Waals surface area (Å²) in [7, 11) is 1.53. The minimum atomic E-state index is -0.151. The maximum Gasteiger partial charge on any atom is 0.254 e. The van der Waals surface area contributed by atoms with Crippen LogP contribution in [0.2, 0.25) is 0 Å². The highest BCUT2D eigenvalue weighted by Crippen LogP contribution is 2.24. The van der Waals surface area contributed by atoms with Crippen LogP contribution in [0.1, 0.15) is 16.1 Å². The number of aromatic nitrogens is 1. The zero-order chi connectivity index (χ0) is 18.5. The van der Waals surface area contributed by atoms with Crippen molar-refractivity contribution in [2.24, 2.45) is 0 Å². The molecule has 1 aromatic carbocycles. The molecular weight excluding hydrogens is 348 g/mol. The highest BCUT2D eigenvalue weighted by atomic mass is 32.1. The summed E-state index contributed by atoms with van der Waals surface area (Å²) in [5, 5.41) is 4.88. The first-order chi connectivity index (χ1) is 12.6. The van der Waals surface area contributed by atoms with Gasteiger partial charge < -0.3 is 14.6 Å². The smallest absolute Gasteiger partial charge is 0.254 e. The Labute approximate surface area is 155 Å². The Morgan fingerprint density at radius 2 is 1.96 bits per heavy atom. The summed E-state index contributed by atoms with van der Waals surface area (Å²) in [5.74, 6) is 0.389. The fraction of sp³-hybridized carbons (Fsp3) is 0.200. The lowest BCUT2D eigenvalue weighted by Gasteiger charge is -2.12. The molecule has 3 aromatic rings. The number of rotatable bonds is 6. The van der Waals surface area contributed by atoms with E-state index in [-0.39, 0.29) is 11.5 Å². The van der Waals surface area contributed by atoms with Crippen LogP contribution in [-0.4, -0.2) is 24.1 Å². The maximum absolute atomic E-state index is 12.3. The van der Waals surface area contributed by atoms with Gasteiger partial charge in [-0.3, -0.25) is 9.59 Å². The molecule has 134 valence electrons. The van der Waals surface area contributed by atoms with Gasteiger partial charge in [0.05, 0.1) is 7.11 Å². The van der Waals surface area contributed by atoms with E-state index in [1.165, 1.54) is 18.1 Å². The Balaban J connectivity index is 1.60. The number of thiophene rings is 1. The number of aryl methyl sites for hydroxylation is 1. The Morgan fingerprint density at radius 1 is 1.19 bits per heavy atom. The number of hydrogen-bond acceptors (Lipinski definition) is 4. The van der Waals surface area contributed by atoms with Crippen LogP contribution in [0.25, 0.3) is 10.4 Å². The number of nitrogens with zero attached hydrogens (tertiary/aromatic N) is 1. The van der Waals surface area contributed by atoms with Crippen LogP contribution in [-0.2, 0) is 6.54 Å². The number of hydrogen-bond donors (Lipinski definition) is 1. The first-order valence-corrected chi connectivity index (χ1v) is 9.14. The van der Waals surface area contributed by atoms with E-state index in [4.69, 9.17) is 4.74 Å². The maximum atomic E-state index is 12.3. The fourth-order valence-electron chi connectivity index (χ4n) is 2.72. The molecule has 0 aliphatic carbocycles. The van der Waals surface area contributed by atoms with Gasteiger partial charge in [0, 0.05) is 35.3 Å². The van der Waals surface area contributed by atoms with Crippen LogP contribution in [0.3, 0.4) is 0 Å². The van der Waals surface area contributed by atoms with E-state index in [1.807, 2.05) is 42.6 Å². The summed E-state index contributed by atoms with van der Waals surface area (Å²) in [4.78, 5) is 25.5. The van der Waals surface area contributed by atoms with E-state index in [9.17, 15) is 9.59 Å². The molecule has 0 spiro atoms. The van der Waals surface area contributed by atoms with Crippen LogP contribution in [0, 0.1) is 6.92 Å². The molecular formula is C20H20N2O3S. The monoisotopic (exact) mass is 368 g/mol. The molecule has 0 fully saturated rings. The van der Waals surface area contributed by atoms with Gasteiger partial charge in [-0.15, -0.1) is 11.3 Å². The van der Waals surface area contributed by atoms with Crippen molar-refractivity contribution in [1.29, 1.82) is 0 Å². The van der Waals surface area contributed by atoms with Crippen LogP contribution in [0.4, 0.5) is 0 Å². The highest BCUT2D eigenvalue weighted by molar-refractivity contribution is 7.13. The largest absolute Gasteiger partial charge is 0.496 e. The van der Waals surface area contributed by atoms with Crippen molar-refractivity contribution >= 4 is 17.2 Å². The van der Waals surface area contributed by atoms with Gasteiger partial charge in [0.2, 0.25) is 0 Å². The molecule has 3 rings (SSSR count). The average Bonchev–Trinajstić information content (AvgIpc) is 3.18. The highest BCUT2D eigenvalue weighted by Gasteiger charge is 2.08. The number of carbonyl (C=O) groups is 1. The molecule has 0 unspecified atom stereocenters. The molecule has 6 heteroatoms. The van der Waals surface area contributed by atoms with E-state index in [0.717, 1.165) is 11.3 Å². The van der Waals surface area contributed by atoms with E-state index in [1.54, 1.807) is 22.0 Å². The van der Waals surface area contributed by atoms with Gasteiger partial charge in [0.1, 0.15) is 5.75 Å². The number of pyridine rings is 1. The average molecular weight is 368 g/mol. The van der Waals surface area contributed by atoms with Gasteiger partial charge >= 0.3 is 0 Å². The number of nitrogens with one attached hydrogen (secondary N) is 1. The molecule has 0 bridgehead atoms. The third kappa shape index (κ3) is 4.03. The molecule has 2 aromatic heterocycles. The molecule has 2 heterocycles. The second-order valence-corrected chi connectivity index (χ2v) is 6.78. The lowest BCUT2D eigenvalue weighted by molar-refractivity contribution is 0.0952. The molecule has 0 atom stereocenters. The molecule has 0 saturated carbocycles. The third-order valence-electron chi connectivity index (χ3n) is 4.12. The summed E-state index contributed by atoms with van der Waals surface area (Å²) >= 11 is 1.67.